The minimum Gasteiger partial charge on any atom is -0.338 e. The lowest BCUT2D eigenvalue weighted by Crippen LogP contribution is -2.47. The van der Waals surface area contributed by atoms with Gasteiger partial charge < -0.3 is 15.5 Å². The average molecular weight is 341 g/mol. The van der Waals surface area contributed by atoms with E-state index in [1.165, 1.54) is 6.42 Å². The van der Waals surface area contributed by atoms with Gasteiger partial charge in [0.25, 0.3) is 0 Å². The lowest BCUT2D eigenvalue weighted by atomic mass is 9.92. The number of hydrogen-bond acceptors (Lipinski definition) is 3. The van der Waals surface area contributed by atoms with Crippen molar-refractivity contribution in [3.8, 4) is 0 Å². The summed E-state index contributed by atoms with van der Waals surface area (Å²) in [6.45, 7) is 2.75. The van der Waals surface area contributed by atoms with Crippen LogP contribution in [0.1, 0.15) is 31.4 Å². The second kappa shape index (κ2) is 6.06. The van der Waals surface area contributed by atoms with Crippen molar-refractivity contribution in [1.29, 1.82) is 0 Å². The molecule has 2 aromatic rings. The van der Waals surface area contributed by atoms with Gasteiger partial charge in [-0.2, -0.15) is 5.10 Å². The number of carbonyl (C=O) groups excluding carboxylic acids is 2. The third-order valence-corrected chi connectivity index (χ3v) is 5.45. The Morgan fingerprint density at radius 1 is 1.28 bits per heavy atom. The Morgan fingerprint density at radius 2 is 2.08 bits per heavy atom. The van der Waals surface area contributed by atoms with Crippen molar-refractivity contribution in [1.82, 2.24) is 20.0 Å². The molecule has 7 heteroatoms. The minimum absolute atomic E-state index is 0.0515. The Labute approximate surface area is 146 Å². The number of rotatable bonds is 3. The van der Waals surface area contributed by atoms with Crippen LogP contribution in [0, 0.1) is 6.92 Å². The lowest BCUT2D eigenvalue weighted by molar-refractivity contribution is -0.132. The number of benzene rings is 1. The number of urea groups is 1. The summed E-state index contributed by atoms with van der Waals surface area (Å²) in [5.74, 6) is 0.0515. The summed E-state index contributed by atoms with van der Waals surface area (Å²) in [5.41, 5.74) is 2.59. The summed E-state index contributed by atoms with van der Waals surface area (Å²) < 4.78 is 1.82. The van der Waals surface area contributed by atoms with Gasteiger partial charge in [0.05, 0.1) is 5.52 Å². The summed E-state index contributed by atoms with van der Waals surface area (Å²) in [6.07, 6.45) is 4.06. The van der Waals surface area contributed by atoms with E-state index in [1.54, 1.807) is 0 Å². The topological polar surface area (TPSA) is 79.3 Å². The van der Waals surface area contributed by atoms with Gasteiger partial charge in [-0.1, -0.05) is 0 Å². The second-order valence-electron chi connectivity index (χ2n) is 7.00. The molecule has 0 bridgehead atoms. The Kier molecular flexibility index (Phi) is 3.86. The van der Waals surface area contributed by atoms with Crippen LogP contribution < -0.4 is 10.6 Å². The fourth-order valence-corrected chi connectivity index (χ4v) is 3.63. The van der Waals surface area contributed by atoms with E-state index in [0.29, 0.717) is 18.2 Å². The molecule has 2 heterocycles. The smallest absolute Gasteiger partial charge is 0.319 e. The number of aryl methyl sites for hydroxylation is 2. The zero-order valence-corrected chi connectivity index (χ0v) is 14.6. The number of nitrogens with zero attached hydrogens (tertiary/aromatic N) is 3. The predicted molar refractivity (Wildman–Crippen MR) is 95.4 cm³/mol. The maximum Gasteiger partial charge on any atom is 0.319 e. The van der Waals surface area contributed by atoms with E-state index in [1.807, 2.05) is 41.8 Å². The van der Waals surface area contributed by atoms with Gasteiger partial charge >= 0.3 is 6.03 Å². The molecule has 2 aliphatic rings. The number of anilines is 1. The summed E-state index contributed by atoms with van der Waals surface area (Å²) in [6, 6.07) is 5.28. The summed E-state index contributed by atoms with van der Waals surface area (Å²) >= 11 is 0. The van der Waals surface area contributed by atoms with Gasteiger partial charge in [-0.25, -0.2) is 4.79 Å². The van der Waals surface area contributed by atoms with Gasteiger partial charge in [0.15, 0.2) is 0 Å². The largest absolute Gasteiger partial charge is 0.338 e. The molecule has 1 aliphatic carbocycles. The van der Waals surface area contributed by atoms with Crippen LogP contribution in [-0.2, 0) is 11.8 Å². The van der Waals surface area contributed by atoms with Crippen LogP contribution in [0.4, 0.5) is 10.5 Å². The highest BCUT2D eigenvalue weighted by Crippen LogP contribution is 2.28. The van der Waals surface area contributed by atoms with Gasteiger partial charge in [-0.15, -0.1) is 0 Å². The Hall–Kier alpha value is -2.57. The normalized spacial score (nSPS) is 20.8. The molecular weight excluding hydrogens is 318 g/mol. The highest BCUT2D eigenvalue weighted by atomic mass is 16.2. The lowest BCUT2D eigenvalue weighted by Gasteiger charge is -2.34. The van der Waals surface area contributed by atoms with Crippen molar-refractivity contribution >= 4 is 28.5 Å². The number of hydrogen-bond donors (Lipinski definition) is 2. The molecule has 1 unspecified atom stereocenters. The van der Waals surface area contributed by atoms with Crippen LogP contribution in [-0.4, -0.2) is 45.2 Å². The maximum atomic E-state index is 12.4. The highest BCUT2D eigenvalue weighted by molar-refractivity contribution is 5.96. The number of likely N-dealkylation sites (tertiary alicyclic amines) is 1. The molecule has 1 aromatic heterocycles. The van der Waals surface area contributed by atoms with Crippen LogP contribution in [0.5, 0.6) is 0 Å². The van der Waals surface area contributed by atoms with Crippen molar-refractivity contribution in [2.24, 2.45) is 7.05 Å². The third kappa shape index (κ3) is 2.83. The van der Waals surface area contributed by atoms with Crippen LogP contribution in [0.2, 0.25) is 0 Å². The molecule has 2 N–H and O–H groups in total. The molecular formula is C18H23N5O2. The molecule has 0 radical (unpaired) electrons. The summed E-state index contributed by atoms with van der Waals surface area (Å²) in [4.78, 5) is 26.6. The molecule has 3 amide bonds. The van der Waals surface area contributed by atoms with E-state index in [0.717, 1.165) is 36.0 Å². The standard InChI is InChI=1S/C18H23N5O2/c1-11-14-7-6-12(10-16(14)21-22(11)2)19-18(25)20-15-8-9-23(17(15)24)13-4-3-5-13/h6-7,10,13,15H,3-5,8-9H2,1-2H3,(H2,19,20,25). The van der Waals surface area contributed by atoms with E-state index >= 15 is 0 Å². The van der Waals surface area contributed by atoms with Crippen molar-refractivity contribution in [2.75, 3.05) is 11.9 Å². The van der Waals surface area contributed by atoms with E-state index in [-0.39, 0.29) is 11.9 Å². The van der Waals surface area contributed by atoms with Gasteiger partial charge in [0.2, 0.25) is 5.91 Å². The van der Waals surface area contributed by atoms with E-state index in [2.05, 4.69) is 15.7 Å². The van der Waals surface area contributed by atoms with Gasteiger partial charge in [0, 0.05) is 36.4 Å². The van der Waals surface area contributed by atoms with Gasteiger partial charge in [-0.3, -0.25) is 9.48 Å². The SMILES string of the molecule is Cc1c2ccc(NC(=O)NC3CCN(C4CCC4)C3=O)cc2nn1C. The van der Waals surface area contributed by atoms with Crippen LogP contribution in [0.25, 0.3) is 10.9 Å². The first kappa shape index (κ1) is 15.9. The van der Waals surface area contributed by atoms with Crippen LogP contribution >= 0.6 is 0 Å². The Balaban J connectivity index is 1.39. The van der Waals surface area contributed by atoms with E-state index in [4.69, 9.17) is 0 Å². The first-order valence-electron chi connectivity index (χ1n) is 8.84. The summed E-state index contributed by atoms with van der Waals surface area (Å²) in [7, 11) is 1.90. The van der Waals surface area contributed by atoms with Crippen molar-refractivity contribution in [3.05, 3.63) is 23.9 Å². The first-order chi connectivity index (χ1) is 12.0. The van der Waals surface area contributed by atoms with E-state index < -0.39 is 6.04 Å². The van der Waals surface area contributed by atoms with Crippen LogP contribution in [0.15, 0.2) is 18.2 Å². The molecule has 1 aromatic carbocycles. The molecule has 2 fully saturated rings. The summed E-state index contributed by atoms with van der Waals surface area (Å²) in [5, 5.41) is 11.1. The molecule has 1 saturated heterocycles. The Morgan fingerprint density at radius 3 is 2.80 bits per heavy atom. The number of fused-ring (bicyclic) bond motifs is 1. The molecule has 25 heavy (non-hydrogen) atoms. The zero-order valence-electron chi connectivity index (χ0n) is 14.6. The second-order valence-corrected chi connectivity index (χ2v) is 7.00. The molecule has 1 atom stereocenters. The average Bonchev–Trinajstić information content (AvgIpc) is 3.00. The molecule has 1 saturated carbocycles. The Bertz CT molecular complexity index is 839. The molecule has 1 aliphatic heterocycles. The number of nitrogens with one attached hydrogen (secondary N) is 2. The van der Waals surface area contributed by atoms with Crippen molar-refractivity contribution in [3.63, 3.8) is 0 Å². The first-order valence-corrected chi connectivity index (χ1v) is 8.84. The molecule has 132 valence electrons. The number of carbonyl (C=O) groups is 2. The van der Waals surface area contributed by atoms with Crippen LogP contribution in [0.3, 0.4) is 0 Å². The van der Waals surface area contributed by atoms with Gasteiger partial charge in [-0.05, 0) is 50.8 Å². The molecule has 4 rings (SSSR count). The van der Waals surface area contributed by atoms with Crippen molar-refractivity contribution < 1.29 is 9.59 Å². The maximum absolute atomic E-state index is 12.4. The van der Waals surface area contributed by atoms with Gasteiger partial charge in [0.1, 0.15) is 6.04 Å². The fraction of sp³-hybridized carbons (Fsp3) is 0.500. The van der Waals surface area contributed by atoms with Crippen molar-refractivity contribution in [2.45, 2.75) is 44.7 Å². The monoisotopic (exact) mass is 341 g/mol. The number of amides is 3. The quantitative estimate of drug-likeness (QED) is 0.898. The molecule has 7 nitrogen and oxygen atoms in total. The minimum atomic E-state index is -0.415. The fourth-order valence-electron chi connectivity index (χ4n) is 3.63. The zero-order chi connectivity index (χ0) is 17.6. The third-order valence-electron chi connectivity index (χ3n) is 5.45. The number of aromatic nitrogens is 2. The highest BCUT2D eigenvalue weighted by Gasteiger charge is 2.38. The predicted octanol–water partition coefficient (Wildman–Crippen LogP) is 2.16. The van der Waals surface area contributed by atoms with E-state index in [9.17, 15) is 9.59 Å². The molecule has 0 spiro atoms.